The van der Waals surface area contributed by atoms with E-state index in [4.69, 9.17) is 19.4 Å². The lowest BCUT2D eigenvalue weighted by atomic mass is 9.72. The smallest absolute Gasteiger partial charge is 0.339 e. The summed E-state index contributed by atoms with van der Waals surface area (Å²) in [6.07, 6.45) is 3.75. The van der Waals surface area contributed by atoms with Crippen molar-refractivity contribution in [1.82, 2.24) is 0 Å². The van der Waals surface area contributed by atoms with Crippen LogP contribution in [0.15, 0.2) is 64.0 Å². The molecule has 37 heavy (non-hydrogen) atoms. The molecule has 1 saturated carbocycles. The fourth-order valence-corrected chi connectivity index (χ4v) is 6.57. The molecule has 2 N–H and O–H groups in total. The van der Waals surface area contributed by atoms with E-state index < -0.39 is 33.7 Å². The summed E-state index contributed by atoms with van der Waals surface area (Å²) in [5, 5.41) is 0. The number of Topliss-reactive ketones (excluding diaryl/α,β-unsaturated/α-hetero) is 1. The third kappa shape index (κ3) is 5.40. The lowest BCUT2D eigenvalue weighted by Gasteiger charge is -2.38. The van der Waals surface area contributed by atoms with Crippen molar-refractivity contribution in [3.05, 3.63) is 64.6 Å². The Hall–Kier alpha value is -3.24. The second kappa shape index (κ2) is 10.6. The first-order valence-corrected chi connectivity index (χ1v) is 13.6. The van der Waals surface area contributed by atoms with Crippen LogP contribution in [0.5, 0.6) is 0 Å². The Morgan fingerprint density at radius 3 is 2.38 bits per heavy atom. The molecular formula is C27H31NO8S. The van der Waals surface area contributed by atoms with Gasteiger partial charge in [0.1, 0.15) is 11.0 Å². The zero-order valence-corrected chi connectivity index (χ0v) is 21.9. The molecular weight excluding hydrogens is 498 g/mol. The van der Waals surface area contributed by atoms with Gasteiger partial charge in [-0.3, -0.25) is 14.4 Å². The van der Waals surface area contributed by atoms with Gasteiger partial charge in [-0.25, -0.2) is 0 Å². The molecule has 1 aromatic carbocycles. The van der Waals surface area contributed by atoms with Gasteiger partial charge in [0, 0.05) is 25.9 Å². The molecule has 3 aliphatic carbocycles. The number of allylic oxidation sites excluding steroid dienone is 3. The van der Waals surface area contributed by atoms with Crippen molar-refractivity contribution >= 4 is 27.6 Å². The molecule has 10 heteroatoms. The summed E-state index contributed by atoms with van der Waals surface area (Å²) in [5.74, 6) is -2.34. The Kier molecular flexibility index (Phi) is 7.70. The van der Waals surface area contributed by atoms with E-state index in [0.717, 1.165) is 11.1 Å². The summed E-state index contributed by atoms with van der Waals surface area (Å²) in [6.45, 7) is 1.85. The molecule has 1 aromatic rings. The summed E-state index contributed by atoms with van der Waals surface area (Å²) in [5.41, 5.74) is 7.98. The molecule has 3 aliphatic rings. The number of benzene rings is 1. The highest BCUT2D eigenvalue weighted by atomic mass is 32.2. The average molecular weight is 530 g/mol. The van der Waals surface area contributed by atoms with Crippen molar-refractivity contribution in [2.75, 3.05) is 14.2 Å². The number of nitrogens with two attached hydrogens (primary N) is 1. The topological polar surface area (TPSA) is 139 Å². The van der Waals surface area contributed by atoms with Crippen LogP contribution < -0.4 is 5.73 Å². The van der Waals surface area contributed by atoms with E-state index in [1.807, 2.05) is 6.92 Å². The summed E-state index contributed by atoms with van der Waals surface area (Å²) >= 11 is 0. The maximum atomic E-state index is 13.1. The van der Waals surface area contributed by atoms with Crippen LogP contribution in [0.1, 0.15) is 37.7 Å². The highest BCUT2D eigenvalue weighted by molar-refractivity contribution is 7.86. The van der Waals surface area contributed by atoms with E-state index in [9.17, 15) is 22.8 Å². The minimum Gasteiger partial charge on any atom is -0.494 e. The molecule has 4 rings (SSSR count). The predicted octanol–water partition coefficient (Wildman–Crippen LogP) is 2.89. The van der Waals surface area contributed by atoms with E-state index in [1.165, 1.54) is 32.4 Å². The molecule has 1 amide bonds. The molecule has 0 spiro atoms. The Balaban J connectivity index is 1.79. The predicted molar refractivity (Wildman–Crippen MR) is 133 cm³/mol. The molecule has 1 fully saturated rings. The van der Waals surface area contributed by atoms with Gasteiger partial charge in [-0.05, 0) is 62.3 Å². The van der Waals surface area contributed by atoms with Crippen molar-refractivity contribution in [2.45, 2.75) is 50.0 Å². The van der Waals surface area contributed by atoms with E-state index >= 15 is 0 Å². The minimum absolute atomic E-state index is 0.00365. The van der Waals surface area contributed by atoms with Crippen LogP contribution in [-0.2, 0) is 38.2 Å². The number of carbonyl (C=O) groups is 3. The largest absolute Gasteiger partial charge is 0.494 e. The lowest BCUT2D eigenvalue weighted by molar-refractivity contribution is -0.133. The number of hydrogen-bond acceptors (Lipinski definition) is 8. The Morgan fingerprint density at radius 2 is 1.76 bits per heavy atom. The van der Waals surface area contributed by atoms with Crippen molar-refractivity contribution < 1.29 is 36.5 Å². The van der Waals surface area contributed by atoms with Crippen LogP contribution in [0.4, 0.5) is 0 Å². The van der Waals surface area contributed by atoms with Gasteiger partial charge in [-0.2, -0.15) is 8.42 Å². The van der Waals surface area contributed by atoms with Crippen molar-refractivity contribution in [3.8, 4) is 0 Å². The first-order valence-electron chi connectivity index (χ1n) is 12.1. The van der Waals surface area contributed by atoms with Crippen LogP contribution >= 0.6 is 0 Å². The fraction of sp³-hybridized carbons (Fsp3) is 0.444. The van der Waals surface area contributed by atoms with Gasteiger partial charge in [0.25, 0.3) is 0 Å². The standard InChI is InChI=1S/C27H31NO8S/c1-15-4-8-18(9-5-15)37(32,33)36-23-12-17-7-6-16(13-24(28)31)20-14-22(30)21(29)11-10-19(20)25(17)27(35-3)26(23)34-2/h4-5,8-9,12,14,16,19,25,27H,6-7,10-11,13H2,1-3H3,(H2,28,31). The number of hydrogen-bond donors (Lipinski definition) is 1. The monoisotopic (exact) mass is 529 g/mol. The van der Waals surface area contributed by atoms with Gasteiger partial charge in [-0.15, -0.1) is 0 Å². The number of carbonyl (C=O) groups excluding carboxylic acids is 3. The highest BCUT2D eigenvalue weighted by Crippen LogP contribution is 2.49. The van der Waals surface area contributed by atoms with E-state index in [0.29, 0.717) is 24.8 Å². The van der Waals surface area contributed by atoms with Crippen LogP contribution in [-0.4, -0.2) is 46.2 Å². The first-order chi connectivity index (χ1) is 17.6. The third-order valence-corrected chi connectivity index (χ3v) is 8.62. The van der Waals surface area contributed by atoms with Crippen LogP contribution in [0.3, 0.4) is 0 Å². The second-order valence-electron chi connectivity index (χ2n) is 9.67. The number of aryl methyl sites for hydroxylation is 1. The molecule has 198 valence electrons. The van der Waals surface area contributed by atoms with Gasteiger partial charge < -0.3 is 19.4 Å². The van der Waals surface area contributed by atoms with Gasteiger partial charge in [0.2, 0.25) is 17.5 Å². The number of fused-ring (bicyclic) bond motifs is 3. The summed E-state index contributed by atoms with van der Waals surface area (Å²) in [4.78, 5) is 36.7. The van der Waals surface area contributed by atoms with Gasteiger partial charge in [0.15, 0.2) is 11.5 Å². The maximum Gasteiger partial charge on any atom is 0.339 e. The average Bonchev–Trinajstić information content (AvgIpc) is 3.07. The number of rotatable bonds is 7. The van der Waals surface area contributed by atoms with E-state index in [1.54, 1.807) is 18.2 Å². The summed E-state index contributed by atoms with van der Waals surface area (Å²) < 4.78 is 43.3. The Labute approximate surface area is 216 Å². The SMILES string of the molecule is COC1=C(OS(=O)(=O)c2ccc(C)cc2)C=C2CCC(CC(N)=O)C3=CC(=O)C(=O)CCC3C2C1OC. The maximum absolute atomic E-state index is 13.1. The molecule has 0 aromatic heterocycles. The van der Waals surface area contributed by atoms with Crippen molar-refractivity contribution in [1.29, 1.82) is 0 Å². The molecule has 0 saturated heterocycles. The molecule has 0 radical (unpaired) electrons. The number of methoxy groups -OCH3 is 2. The first kappa shape index (κ1) is 26.8. The molecule has 0 bridgehead atoms. The fourth-order valence-electron chi connectivity index (χ4n) is 5.64. The zero-order valence-electron chi connectivity index (χ0n) is 21.1. The number of amides is 1. The molecule has 4 unspecified atom stereocenters. The summed E-state index contributed by atoms with van der Waals surface area (Å²) in [7, 11) is -1.27. The third-order valence-electron chi connectivity index (χ3n) is 7.37. The number of ether oxygens (including phenoxy) is 2. The van der Waals surface area contributed by atoms with Gasteiger partial charge in [0.05, 0.1) is 7.11 Å². The molecule has 9 nitrogen and oxygen atoms in total. The van der Waals surface area contributed by atoms with Gasteiger partial charge >= 0.3 is 10.1 Å². The Bertz CT molecular complexity index is 1310. The number of primary amides is 1. The molecule has 0 heterocycles. The molecule has 4 atom stereocenters. The van der Waals surface area contributed by atoms with Gasteiger partial charge in [-0.1, -0.05) is 28.8 Å². The number of ketones is 2. The summed E-state index contributed by atoms with van der Waals surface area (Å²) in [6, 6.07) is 6.31. The van der Waals surface area contributed by atoms with Crippen molar-refractivity contribution in [2.24, 2.45) is 23.5 Å². The Morgan fingerprint density at radius 1 is 1.05 bits per heavy atom. The van der Waals surface area contributed by atoms with E-state index in [-0.39, 0.29) is 47.0 Å². The molecule has 0 aliphatic heterocycles. The van der Waals surface area contributed by atoms with Crippen molar-refractivity contribution in [3.63, 3.8) is 0 Å². The van der Waals surface area contributed by atoms with E-state index in [2.05, 4.69) is 0 Å². The normalized spacial score (nSPS) is 26.2. The minimum atomic E-state index is -4.17. The highest BCUT2D eigenvalue weighted by Gasteiger charge is 2.46. The zero-order chi connectivity index (χ0) is 26.9. The van der Waals surface area contributed by atoms with Crippen LogP contribution in [0, 0.1) is 24.7 Å². The second-order valence-corrected chi connectivity index (χ2v) is 11.2. The lowest BCUT2D eigenvalue weighted by Crippen LogP contribution is -2.37. The quantitative estimate of drug-likeness (QED) is 0.420. The van der Waals surface area contributed by atoms with Crippen LogP contribution in [0.2, 0.25) is 0 Å². The van der Waals surface area contributed by atoms with Crippen LogP contribution in [0.25, 0.3) is 0 Å².